The lowest BCUT2D eigenvalue weighted by Gasteiger charge is -2.26. The van der Waals surface area contributed by atoms with Gasteiger partial charge >= 0.3 is 5.97 Å². The van der Waals surface area contributed by atoms with Gasteiger partial charge in [-0.3, -0.25) is 4.79 Å². The van der Waals surface area contributed by atoms with Crippen LogP contribution in [0, 0.1) is 17.6 Å². The van der Waals surface area contributed by atoms with Crippen LogP contribution in [-0.4, -0.2) is 24.7 Å². The molecule has 5 nitrogen and oxygen atoms in total. The second-order valence-electron chi connectivity index (χ2n) is 5.57. The van der Waals surface area contributed by atoms with Crippen molar-refractivity contribution in [1.82, 2.24) is 5.32 Å². The first-order valence-electron chi connectivity index (χ1n) is 7.59. The molecule has 1 aromatic rings. The SMILES string of the molecule is COC(=O)C1=C(NCc2ccc(F)cc2F)C2C=C(Cl)C=CC2=NC1=O. The Bertz CT molecular complexity index is 919. The summed E-state index contributed by atoms with van der Waals surface area (Å²) in [6.07, 6.45) is 4.75. The van der Waals surface area contributed by atoms with Crippen molar-refractivity contribution in [3.8, 4) is 0 Å². The predicted molar refractivity (Wildman–Crippen MR) is 91.2 cm³/mol. The van der Waals surface area contributed by atoms with Gasteiger partial charge in [-0.25, -0.2) is 18.6 Å². The standard InChI is InChI=1S/C18H13ClF2N2O3/c1-26-18(25)15-16(22-8-9-2-4-11(20)7-13(9)21)12-6-10(19)3-5-14(12)23-17(15)24/h2-7,12,22H,8H2,1H3. The lowest BCUT2D eigenvalue weighted by atomic mass is 9.88. The maximum Gasteiger partial charge on any atom is 0.345 e. The number of rotatable bonds is 4. The minimum Gasteiger partial charge on any atom is -0.465 e. The Balaban J connectivity index is 1.98. The van der Waals surface area contributed by atoms with Gasteiger partial charge in [0, 0.05) is 28.9 Å². The lowest BCUT2D eigenvalue weighted by molar-refractivity contribution is -0.137. The minimum absolute atomic E-state index is 0.0752. The highest BCUT2D eigenvalue weighted by molar-refractivity contribution is 6.33. The molecule has 0 saturated carbocycles. The number of methoxy groups -OCH3 is 1. The van der Waals surface area contributed by atoms with Crippen molar-refractivity contribution in [2.75, 3.05) is 7.11 Å². The van der Waals surface area contributed by atoms with Crippen LogP contribution in [0.15, 0.2) is 57.7 Å². The van der Waals surface area contributed by atoms with E-state index < -0.39 is 29.4 Å². The second kappa shape index (κ2) is 7.21. The molecule has 1 N–H and O–H groups in total. The second-order valence-corrected chi connectivity index (χ2v) is 6.01. The third kappa shape index (κ3) is 3.43. The van der Waals surface area contributed by atoms with Crippen molar-refractivity contribution in [2.45, 2.75) is 6.54 Å². The number of dihydropyridines is 1. The first-order valence-corrected chi connectivity index (χ1v) is 7.97. The predicted octanol–water partition coefficient (Wildman–Crippen LogP) is 2.77. The quantitative estimate of drug-likeness (QED) is 0.646. The molecule has 26 heavy (non-hydrogen) atoms. The van der Waals surface area contributed by atoms with Gasteiger partial charge in [-0.15, -0.1) is 0 Å². The normalized spacial score (nSPS) is 18.9. The maximum atomic E-state index is 13.9. The number of esters is 1. The third-order valence-electron chi connectivity index (χ3n) is 3.96. The van der Waals surface area contributed by atoms with Crippen molar-refractivity contribution in [3.05, 3.63) is 69.9 Å². The Morgan fingerprint density at radius 3 is 2.81 bits per heavy atom. The van der Waals surface area contributed by atoms with Gasteiger partial charge in [0.25, 0.3) is 5.91 Å². The van der Waals surface area contributed by atoms with Crippen molar-refractivity contribution in [3.63, 3.8) is 0 Å². The van der Waals surface area contributed by atoms with E-state index in [9.17, 15) is 18.4 Å². The van der Waals surface area contributed by atoms with E-state index in [1.54, 1.807) is 18.2 Å². The fourth-order valence-corrected chi connectivity index (χ4v) is 2.89. The van der Waals surface area contributed by atoms with Gasteiger partial charge in [0.1, 0.15) is 17.2 Å². The van der Waals surface area contributed by atoms with Crippen LogP contribution in [0.5, 0.6) is 0 Å². The van der Waals surface area contributed by atoms with E-state index in [4.69, 9.17) is 11.6 Å². The van der Waals surface area contributed by atoms with Crippen LogP contribution in [-0.2, 0) is 20.9 Å². The van der Waals surface area contributed by atoms with Crippen molar-refractivity contribution < 1.29 is 23.1 Å². The molecule has 1 amide bonds. The summed E-state index contributed by atoms with van der Waals surface area (Å²) in [6.45, 7) is -0.0752. The van der Waals surface area contributed by atoms with Gasteiger partial charge in [0.2, 0.25) is 0 Å². The number of hydrogen-bond donors (Lipinski definition) is 1. The summed E-state index contributed by atoms with van der Waals surface area (Å²) in [5.74, 6) is -3.65. The number of allylic oxidation sites excluding steroid dienone is 4. The molecule has 0 radical (unpaired) electrons. The van der Waals surface area contributed by atoms with Gasteiger partial charge in [0.05, 0.1) is 18.7 Å². The highest BCUT2D eigenvalue weighted by Crippen LogP contribution is 2.30. The summed E-state index contributed by atoms with van der Waals surface area (Å²) < 4.78 is 31.6. The van der Waals surface area contributed by atoms with E-state index >= 15 is 0 Å². The molecule has 1 heterocycles. The van der Waals surface area contributed by atoms with E-state index in [2.05, 4.69) is 15.0 Å². The van der Waals surface area contributed by atoms with Gasteiger partial charge in [0.15, 0.2) is 0 Å². The fourth-order valence-electron chi connectivity index (χ4n) is 2.70. The van der Waals surface area contributed by atoms with Crippen LogP contribution in [0.3, 0.4) is 0 Å². The number of nitrogens with zero attached hydrogens (tertiary/aromatic N) is 1. The fraction of sp³-hybridized carbons (Fsp3) is 0.167. The average Bonchev–Trinajstić information content (AvgIpc) is 2.60. The molecule has 134 valence electrons. The summed E-state index contributed by atoms with van der Waals surface area (Å²) in [7, 11) is 1.14. The number of halogens is 3. The van der Waals surface area contributed by atoms with E-state index in [0.717, 1.165) is 19.2 Å². The Morgan fingerprint density at radius 2 is 2.12 bits per heavy atom. The van der Waals surface area contributed by atoms with Crippen molar-refractivity contribution in [2.24, 2.45) is 10.9 Å². The molecule has 2 aliphatic rings. The molecule has 8 heteroatoms. The Morgan fingerprint density at radius 1 is 1.35 bits per heavy atom. The van der Waals surface area contributed by atoms with Crippen LogP contribution < -0.4 is 5.32 Å². The summed E-state index contributed by atoms with van der Waals surface area (Å²) >= 11 is 6.03. The number of fused-ring (bicyclic) bond motifs is 1. The highest BCUT2D eigenvalue weighted by Gasteiger charge is 2.35. The largest absolute Gasteiger partial charge is 0.465 e. The number of carbonyl (C=O) groups excluding carboxylic acids is 2. The molecule has 1 unspecified atom stereocenters. The molecule has 0 saturated heterocycles. The topological polar surface area (TPSA) is 67.8 Å². The lowest BCUT2D eigenvalue weighted by Crippen LogP contribution is -2.35. The number of aliphatic imine (C=N–C) groups is 1. The molecule has 0 fully saturated rings. The molecule has 3 rings (SSSR count). The maximum absolute atomic E-state index is 13.9. The highest BCUT2D eigenvalue weighted by atomic mass is 35.5. The average molecular weight is 379 g/mol. The molecule has 0 spiro atoms. The zero-order valence-corrected chi connectivity index (χ0v) is 14.3. The molecule has 1 atom stereocenters. The smallest absolute Gasteiger partial charge is 0.345 e. The van der Waals surface area contributed by atoms with E-state index in [1.165, 1.54) is 6.07 Å². The Hall–Kier alpha value is -2.80. The Kier molecular flexibility index (Phi) is 4.99. The first kappa shape index (κ1) is 18.0. The first-order chi connectivity index (χ1) is 12.4. The zero-order valence-electron chi connectivity index (χ0n) is 13.6. The van der Waals surface area contributed by atoms with Crippen LogP contribution in [0.2, 0.25) is 0 Å². The van der Waals surface area contributed by atoms with Crippen LogP contribution in [0.4, 0.5) is 8.78 Å². The van der Waals surface area contributed by atoms with Crippen molar-refractivity contribution in [1.29, 1.82) is 0 Å². The third-order valence-corrected chi connectivity index (χ3v) is 4.21. The molecule has 1 aliphatic carbocycles. The summed E-state index contributed by atoms with van der Waals surface area (Å²) in [5, 5.41) is 3.29. The van der Waals surface area contributed by atoms with Crippen molar-refractivity contribution >= 4 is 29.2 Å². The molecule has 1 aromatic carbocycles. The van der Waals surface area contributed by atoms with Crippen LogP contribution >= 0.6 is 11.6 Å². The number of carbonyl (C=O) groups is 2. The molecule has 1 aliphatic heterocycles. The number of hydrogen-bond acceptors (Lipinski definition) is 4. The monoisotopic (exact) mass is 378 g/mol. The molecule has 0 aromatic heterocycles. The van der Waals surface area contributed by atoms with E-state index in [0.29, 0.717) is 10.7 Å². The number of amides is 1. The Labute approximate surface area is 152 Å². The van der Waals surface area contributed by atoms with E-state index in [1.807, 2.05) is 0 Å². The van der Waals surface area contributed by atoms with E-state index in [-0.39, 0.29) is 23.4 Å². The summed E-state index contributed by atoms with van der Waals surface area (Å²) in [6, 6.07) is 3.15. The van der Waals surface area contributed by atoms with Gasteiger partial charge < -0.3 is 10.1 Å². The van der Waals surface area contributed by atoms with Gasteiger partial charge in [-0.05, 0) is 18.2 Å². The number of benzene rings is 1. The van der Waals surface area contributed by atoms with Crippen LogP contribution in [0.1, 0.15) is 5.56 Å². The summed E-state index contributed by atoms with van der Waals surface area (Å²) in [4.78, 5) is 28.2. The molecule has 0 bridgehead atoms. The van der Waals surface area contributed by atoms with Crippen LogP contribution in [0.25, 0.3) is 0 Å². The number of nitrogens with one attached hydrogen (secondary N) is 1. The zero-order chi connectivity index (χ0) is 18.8. The molecular weight excluding hydrogens is 366 g/mol. The van der Waals surface area contributed by atoms with Gasteiger partial charge in [-0.2, -0.15) is 0 Å². The van der Waals surface area contributed by atoms with Gasteiger partial charge in [-0.1, -0.05) is 23.7 Å². The number of ether oxygens (including phenoxy) is 1. The summed E-state index contributed by atoms with van der Waals surface area (Å²) in [5.41, 5.74) is 0.494. The minimum atomic E-state index is -0.862. The molecular formula is C18H13ClF2N2O3.